The van der Waals surface area contributed by atoms with Crippen molar-refractivity contribution in [3.8, 4) is 0 Å². The molecule has 19 heavy (non-hydrogen) atoms. The van der Waals surface area contributed by atoms with Crippen LogP contribution in [0.2, 0.25) is 0 Å². The van der Waals surface area contributed by atoms with E-state index in [0.717, 1.165) is 49.1 Å². The minimum Gasteiger partial charge on any atom is -0.308 e. The molecule has 5 aliphatic rings. The van der Waals surface area contributed by atoms with Crippen molar-refractivity contribution < 1.29 is 0 Å². The summed E-state index contributed by atoms with van der Waals surface area (Å²) in [5.41, 5.74) is 0. The van der Waals surface area contributed by atoms with Crippen LogP contribution in [-0.2, 0) is 13.1 Å². The van der Waals surface area contributed by atoms with Crippen molar-refractivity contribution in [3.63, 3.8) is 0 Å². The highest BCUT2D eigenvalue weighted by Crippen LogP contribution is 2.59. The van der Waals surface area contributed by atoms with E-state index in [9.17, 15) is 0 Å². The lowest BCUT2D eigenvalue weighted by Crippen LogP contribution is -2.44. The summed E-state index contributed by atoms with van der Waals surface area (Å²) in [6.45, 7) is 2.94. The molecule has 1 aromatic rings. The molecule has 4 heteroatoms. The van der Waals surface area contributed by atoms with E-state index < -0.39 is 0 Å². The van der Waals surface area contributed by atoms with Crippen molar-refractivity contribution in [1.29, 1.82) is 0 Å². The molecule has 6 rings (SSSR count). The smallest absolute Gasteiger partial charge is 0.154 e. The third kappa shape index (κ3) is 1.55. The van der Waals surface area contributed by atoms with Gasteiger partial charge in [0.15, 0.2) is 5.82 Å². The van der Waals surface area contributed by atoms with Gasteiger partial charge in [-0.05, 0) is 55.8 Å². The van der Waals surface area contributed by atoms with Crippen LogP contribution in [0.4, 0.5) is 0 Å². The third-order valence-electron chi connectivity index (χ3n) is 6.07. The number of hydrogen-bond donors (Lipinski definition) is 1. The van der Waals surface area contributed by atoms with Crippen molar-refractivity contribution in [1.82, 2.24) is 20.1 Å². The molecule has 0 unspecified atom stereocenters. The van der Waals surface area contributed by atoms with E-state index in [1.807, 2.05) is 0 Å². The van der Waals surface area contributed by atoms with Gasteiger partial charge in [-0.2, -0.15) is 5.10 Å². The molecular weight excluding hydrogens is 236 g/mol. The van der Waals surface area contributed by atoms with E-state index in [1.165, 1.54) is 37.9 Å². The van der Waals surface area contributed by atoms with Gasteiger partial charge in [0, 0.05) is 12.5 Å². The molecule has 4 nitrogen and oxygen atoms in total. The zero-order valence-electron chi connectivity index (χ0n) is 11.4. The van der Waals surface area contributed by atoms with E-state index >= 15 is 0 Å². The molecule has 1 aromatic heterocycles. The Labute approximate surface area is 114 Å². The Morgan fingerprint density at radius 2 is 1.74 bits per heavy atom. The zero-order chi connectivity index (χ0) is 12.4. The van der Waals surface area contributed by atoms with E-state index in [0.29, 0.717) is 5.92 Å². The van der Waals surface area contributed by atoms with Gasteiger partial charge in [0.25, 0.3) is 0 Å². The Kier molecular flexibility index (Phi) is 2.17. The number of rotatable bonds is 1. The molecule has 0 atom stereocenters. The monoisotopic (exact) mass is 258 g/mol. The number of fused-ring (bicyclic) bond motifs is 1. The van der Waals surface area contributed by atoms with Crippen LogP contribution in [-0.4, -0.2) is 21.3 Å². The molecule has 0 spiro atoms. The Bertz CT molecular complexity index is 455. The molecule has 102 valence electrons. The average Bonchev–Trinajstić information content (AvgIpc) is 2.80. The van der Waals surface area contributed by atoms with Crippen LogP contribution in [0.5, 0.6) is 0 Å². The third-order valence-corrected chi connectivity index (χ3v) is 6.07. The highest BCUT2D eigenvalue weighted by atomic mass is 15.4. The summed E-state index contributed by atoms with van der Waals surface area (Å²) in [5.74, 6) is 6.91. The SMILES string of the molecule is C1Cn2nc(C3C4CC5CC(C4)CC3C5)nc2CN1. The van der Waals surface area contributed by atoms with Crippen LogP contribution in [0, 0.1) is 23.7 Å². The molecule has 0 aromatic carbocycles. The number of aromatic nitrogens is 3. The fourth-order valence-electron chi connectivity index (χ4n) is 5.58. The molecule has 1 aliphatic heterocycles. The van der Waals surface area contributed by atoms with Crippen molar-refractivity contribution in [2.24, 2.45) is 23.7 Å². The lowest BCUT2D eigenvalue weighted by atomic mass is 9.52. The van der Waals surface area contributed by atoms with Gasteiger partial charge in [0.05, 0.1) is 13.1 Å². The van der Waals surface area contributed by atoms with Crippen molar-refractivity contribution >= 4 is 0 Å². The second-order valence-corrected chi connectivity index (χ2v) is 7.24. The highest BCUT2D eigenvalue weighted by Gasteiger charge is 2.50. The number of nitrogens with one attached hydrogen (secondary N) is 1. The van der Waals surface area contributed by atoms with Gasteiger partial charge in [-0.15, -0.1) is 0 Å². The molecule has 2 heterocycles. The van der Waals surface area contributed by atoms with Gasteiger partial charge >= 0.3 is 0 Å². The molecule has 4 fully saturated rings. The maximum absolute atomic E-state index is 4.89. The largest absolute Gasteiger partial charge is 0.308 e. The minimum absolute atomic E-state index is 0.686. The quantitative estimate of drug-likeness (QED) is 0.837. The molecule has 0 radical (unpaired) electrons. The van der Waals surface area contributed by atoms with Crippen LogP contribution in [0.3, 0.4) is 0 Å². The fourth-order valence-corrected chi connectivity index (χ4v) is 5.58. The highest BCUT2D eigenvalue weighted by molar-refractivity contribution is 5.11. The van der Waals surface area contributed by atoms with Crippen LogP contribution < -0.4 is 5.32 Å². The van der Waals surface area contributed by atoms with E-state index in [2.05, 4.69) is 10.00 Å². The first-order valence-corrected chi connectivity index (χ1v) is 8.01. The Morgan fingerprint density at radius 3 is 2.42 bits per heavy atom. The first kappa shape index (κ1) is 10.8. The summed E-state index contributed by atoms with van der Waals surface area (Å²) in [4.78, 5) is 4.89. The van der Waals surface area contributed by atoms with Gasteiger partial charge in [-0.1, -0.05) is 0 Å². The first-order valence-electron chi connectivity index (χ1n) is 8.01. The standard InChI is InChI=1S/C15H22N4/c1-2-19-13(8-16-1)17-15(18-19)14-11-4-9-3-10(6-11)7-12(14)5-9/h9-12,14,16H,1-8H2. The summed E-state index contributed by atoms with van der Waals surface area (Å²) in [6.07, 6.45) is 7.36. The maximum Gasteiger partial charge on any atom is 0.154 e. The number of hydrogen-bond acceptors (Lipinski definition) is 3. The Hall–Kier alpha value is -0.900. The predicted octanol–water partition coefficient (Wildman–Crippen LogP) is 1.92. The van der Waals surface area contributed by atoms with Crippen LogP contribution in [0.15, 0.2) is 0 Å². The molecule has 4 bridgehead atoms. The first-order chi connectivity index (χ1) is 9.37. The summed E-state index contributed by atoms with van der Waals surface area (Å²) in [5, 5.41) is 8.26. The molecule has 0 amide bonds. The maximum atomic E-state index is 4.89. The molecule has 0 saturated heterocycles. The van der Waals surface area contributed by atoms with Crippen molar-refractivity contribution in [2.75, 3.05) is 6.54 Å². The molecule has 1 N–H and O–H groups in total. The zero-order valence-corrected chi connectivity index (χ0v) is 11.4. The Morgan fingerprint density at radius 1 is 1.00 bits per heavy atom. The van der Waals surface area contributed by atoms with Gasteiger partial charge in [-0.3, -0.25) is 0 Å². The lowest BCUT2D eigenvalue weighted by Gasteiger charge is -2.53. The van der Waals surface area contributed by atoms with E-state index in [1.54, 1.807) is 0 Å². The lowest BCUT2D eigenvalue weighted by molar-refractivity contribution is -0.00568. The normalized spacial score (nSPS) is 43.5. The van der Waals surface area contributed by atoms with Crippen molar-refractivity contribution in [3.05, 3.63) is 11.6 Å². The molecule has 4 saturated carbocycles. The van der Waals surface area contributed by atoms with Crippen molar-refractivity contribution in [2.45, 2.75) is 51.1 Å². The van der Waals surface area contributed by atoms with E-state index in [4.69, 9.17) is 10.1 Å². The number of nitrogens with zero attached hydrogens (tertiary/aromatic N) is 3. The van der Waals surface area contributed by atoms with Gasteiger partial charge < -0.3 is 5.32 Å². The fraction of sp³-hybridized carbons (Fsp3) is 0.867. The summed E-state index contributed by atoms with van der Waals surface area (Å²) >= 11 is 0. The van der Waals surface area contributed by atoms with Gasteiger partial charge in [0.2, 0.25) is 0 Å². The summed E-state index contributed by atoms with van der Waals surface area (Å²) in [6, 6.07) is 0. The minimum atomic E-state index is 0.686. The van der Waals surface area contributed by atoms with Gasteiger partial charge in [0.1, 0.15) is 5.82 Å². The van der Waals surface area contributed by atoms with E-state index in [-0.39, 0.29) is 0 Å². The average molecular weight is 258 g/mol. The second-order valence-electron chi connectivity index (χ2n) is 7.24. The Balaban J connectivity index is 1.50. The molecular formula is C15H22N4. The summed E-state index contributed by atoms with van der Waals surface area (Å²) < 4.78 is 2.15. The van der Waals surface area contributed by atoms with Crippen LogP contribution in [0.25, 0.3) is 0 Å². The van der Waals surface area contributed by atoms with Gasteiger partial charge in [-0.25, -0.2) is 9.67 Å². The predicted molar refractivity (Wildman–Crippen MR) is 71.5 cm³/mol. The van der Waals surface area contributed by atoms with Crippen LogP contribution in [0.1, 0.15) is 49.7 Å². The summed E-state index contributed by atoms with van der Waals surface area (Å²) in [7, 11) is 0. The topological polar surface area (TPSA) is 42.7 Å². The second kappa shape index (κ2) is 3.81. The molecule has 4 aliphatic carbocycles. The van der Waals surface area contributed by atoms with Crippen LogP contribution >= 0.6 is 0 Å².